The number of amides is 2. The highest BCUT2D eigenvalue weighted by Crippen LogP contribution is 2.24. The number of likely N-dealkylation sites (tertiary alicyclic amines) is 1. The molecule has 1 fully saturated rings. The van der Waals surface area contributed by atoms with Crippen LogP contribution in [0.15, 0.2) is 29.4 Å². The lowest BCUT2D eigenvalue weighted by atomic mass is 10.2. The molecule has 1 aromatic carbocycles. The average Bonchev–Trinajstić information content (AvgIpc) is 3.29. The first-order valence-corrected chi connectivity index (χ1v) is 9.36. The maximum absolute atomic E-state index is 13.9. The predicted octanol–water partition coefficient (Wildman–Crippen LogP) is 1.45. The number of carbonyl (C=O) groups excluding carboxylic acids is 2. The van der Waals surface area contributed by atoms with Gasteiger partial charge in [-0.2, -0.15) is 0 Å². The molecule has 0 aliphatic carbocycles. The van der Waals surface area contributed by atoms with Gasteiger partial charge in [-0.15, -0.1) is 10.2 Å². The SMILES string of the molecule is Cn1c(SCC(=O)NCC(=O)N2CCCC2)nnc1-c1ccccc1F. The van der Waals surface area contributed by atoms with Crippen LogP contribution in [0, 0.1) is 5.82 Å². The highest BCUT2D eigenvalue weighted by Gasteiger charge is 2.19. The Bertz CT molecular complexity index is 804. The minimum Gasteiger partial charge on any atom is -0.346 e. The van der Waals surface area contributed by atoms with Gasteiger partial charge in [0.1, 0.15) is 5.82 Å². The number of benzene rings is 1. The molecule has 0 bridgehead atoms. The van der Waals surface area contributed by atoms with Gasteiger partial charge in [0.15, 0.2) is 11.0 Å². The van der Waals surface area contributed by atoms with Crippen LogP contribution in [0.25, 0.3) is 11.4 Å². The van der Waals surface area contributed by atoms with Crippen LogP contribution in [0.5, 0.6) is 0 Å². The molecule has 0 atom stereocenters. The smallest absolute Gasteiger partial charge is 0.241 e. The number of carbonyl (C=O) groups is 2. The van der Waals surface area contributed by atoms with Crippen molar-refractivity contribution in [3.63, 3.8) is 0 Å². The molecule has 1 aliphatic rings. The van der Waals surface area contributed by atoms with Crippen LogP contribution >= 0.6 is 11.8 Å². The average molecular weight is 377 g/mol. The van der Waals surface area contributed by atoms with Gasteiger partial charge in [0, 0.05) is 20.1 Å². The number of hydrogen-bond acceptors (Lipinski definition) is 5. The van der Waals surface area contributed by atoms with Crippen molar-refractivity contribution < 1.29 is 14.0 Å². The molecule has 26 heavy (non-hydrogen) atoms. The van der Waals surface area contributed by atoms with Crippen LogP contribution in [0.3, 0.4) is 0 Å². The van der Waals surface area contributed by atoms with E-state index in [1.807, 2.05) is 0 Å². The van der Waals surface area contributed by atoms with Gasteiger partial charge in [0.05, 0.1) is 17.9 Å². The lowest BCUT2D eigenvalue weighted by Gasteiger charge is -2.15. The quantitative estimate of drug-likeness (QED) is 0.771. The zero-order valence-electron chi connectivity index (χ0n) is 14.4. The predicted molar refractivity (Wildman–Crippen MR) is 95.9 cm³/mol. The number of aromatic nitrogens is 3. The summed E-state index contributed by atoms with van der Waals surface area (Å²) in [5.74, 6) is -0.177. The molecule has 0 radical (unpaired) electrons. The molecular weight excluding hydrogens is 357 g/mol. The molecule has 1 saturated heterocycles. The molecule has 7 nitrogen and oxygen atoms in total. The Morgan fingerprint density at radius 2 is 1.96 bits per heavy atom. The van der Waals surface area contributed by atoms with Crippen LogP contribution in [0.2, 0.25) is 0 Å². The van der Waals surface area contributed by atoms with E-state index >= 15 is 0 Å². The van der Waals surface area contributed by atoms with Crippen molar-refractivity contribution in [2.24, 2.45) is 7.05 Å². The molecule has 1 N–H and O–H groups in total. The molecule has 2 amide bonds. The number of halogens is 1. The van der Waals surface area contributed by atoms with Crippen LogP contribution in [-0.2, 0) is 16.6 Å². The summed E-state index contributed by atoms with van der Waals surface area (Å²) in [5, 5.41) is 11.2. The van der Waals surface area contributed by atoms with Crippen LogP contribution in [0.1, 0.15) is 12.8 Å². The first kappa shape index (κ1) is 18.4. The fourth-order valence-corrected chi connectivity index (χ4v) is 3.49. The molecule has 0 saturated carbocycles. The maximum atomic E-state index is 13.9. The first-order valence-electron chi connectivity index (χ1n) is 8.38. The van der Waals surface area contributed by atoms with Gasteiger partial charge in [-0.1, -0.05) is 23.9 Å². The first-order chi connectivity index (χ1) is 12.6. The Morgan fingerprint density at radius 1 is 1.23 bits per heavy atom. The van der Waals surface area contributed by atoms with E-state index < -0.39 is 0 Å². The van der Waals surface area contributed by atoms with Gasteiger partial charge in [0.2, 0.25) is 11.8 Å². The van der Waals surface area contributed by atoms with E-state index in [-0.39, 0.29) is 29.9 Å². The second-order valence-electron chi connectivity index (χ2n) is 6.00. The Kier molecular flexibility index (Phi) is 5.87. The van der Waals surface area contributed by atoms with E-state index in [0.717, 1.165) is 25.9 Å². The minimum absolute atomic E-state index is 0.0126. The summed E-state index contributed by atoms with van der Waals surface area (Å²) in [6.07, 6.45) is 2.04. The lowest BCUT2D eigenvalue weighted by Crippen LogP contribution is -2.39. The number of thioether (sulfide) groups is 1. The monoisotopic (exact) mass is 377 g/mol. The van der Waals surface area contributed by atoms with Gasteiger partial charge in [-0.05, 0) is 25.0 Å². The second-order valence-corrected chi connectivity index (χ2v) is 6.94. The summed E-state index contributed by atoms with van der Waals surface area (Å²) >= 11 is 1.19. The molecule has 0 unspecified atom stereocenters. The molecule has 1 aromatic heterocycles. The van der Waals surface area contributed by atoms with Gasteiger partial charge >= 0.3 is 0 Å². The summed E-state index contributed by atoms with van der Waals surface area (Å²) in [5.41, 5.74) is 0.356. The van der Waals surface area contributed by atoms with E-state index in [1.54, 1.807) is 34.7 Å². The molecule has 2 aromatic rings. The molecule has 138 valence electrons. The minimum atomic E-state index is -0.377. The van der Waals surface area contributed by atoms with Crippen molar-refractivity contribution in [3.05, 3.63) is 30.1 Å². The molecule has 1 aliphatic heterocycles. The van der Waals surface area contributed by atoms with Crippen molar-refractivity contribution in [1.82, 2.24) is 25.0 Å². The van der Waals surface area contributed by atoms with Crippen LogP contribution in [0.4, 0.5) is 4.39 Å². The Hall–Kier alpha value is -2.42. The van der Waals surface area contributed by atoms with Crippen LogP contribution in [-0.4, -0.2) is 56.9 Å². The van der Waals surface area contributed by atoms with E-state index in [4.69, 9.17) is 0 Å². The fourth-order valence-electron chi connectivity index (χ4n) is 2.75. The molecule has 0 spiro atoms. The van der Waals surface area contributed by atoms with E-state index in [9.17, 15) is 14.0 Å². The van der Waals surface area contributed by atoms with Gasteiger partial charge in [0.25, 0.3) is 0 Å². The van der Waals surface area contributed by atoms with Crippen molar-refractivity contribution in [2.45, 2.75) is 18.0 Å². The van der Waals surface area contributed by atoms with Crippen molar-refractivity contribution in [3.8, 4) is 11.4 Å². The van der Waals surface area contributed by atoms with E-state index in [1.165, 1.54) is 17.8 Å². The number of hydrogen-bond donors (Lipinski definition) is 1. The zero-order valence-corrected chi connectivity index (χ0v) is 15.3. The third kappa shape index (κ3) is 4.21. The topological polar surface area (TPSA) is 80.1 Å². The Morgan fingerprint density at radius 3 is 2.69 bits per heavy atom. The molecule has 3 rings (SSSR count). The molecule has 9 heteroatoms. The maximum Gasteiger partial charge on any atom is 0.241 e. The number of nitrogens with zero attached hydrogens (tertiary/aromatic N) is 4. The summed E-state index contributed by atoms with van der Waals surface area (Å²) < 4.78 is 15.5. The normalized spacial score (nSPS) is 13.8. The summed E-state index contributed by atoms with van der Waals surface area (Å²) in [6.45, 7) is 1.54. The zero-order chi connectivity index (χ0) is 18.5. The standard InChI is InChI=1S/C17H20FN5O2S/c1-22-16(12-6-2-3-7-13(12)18)20-21-17(22)26-11-14(24)19-10-15(25)23-8-4-5-9-23/h2-3,6-7H,4-5,8-11H2,1H3,(H,19,24). The largest absolute Gasteiger partial charge is 0.346 e. The van der Waals surface area contributed by atoms with Crippen molar-refractivity contribution in [1.29, 1.82) is 0 Å². The summed E-state index contributed by atoms with van der Waals surface area (Å²) in [4.78, 5) is 25.6. The summed E-state index contributed by atoms with van der Waals surface area (Å²) in [7, 11) is 1.72. The third-order valence-electron chi connectivity index (χ3n) is 4.18. The van der Waals surface area contributed by atoms with Gasteiger partial charge < -0.3 is 14.8 Å². The van der Waals surface area contributed by atoms with Crippen LogP contribution < -0.4 is 5.32 Å². The Balaban J connectivity index is 1.52. The highest BCUT2D eigenvalue weighted by atomic mass is 32.2. The van der Waals surface area contributed by atoms with Crippen molar-refractivity contribution in [2.75, 3.05) is 25.4 Å². The highest BCUT2D eigenvalue weighted by molar-refractivity contribution is 7.99. The van der Waals surface area contributed by atoms with E-state index in [2.05, 4.69) is 15.5 Å². The lowest BCUT2D eigenvalue weighted by molar-refractivity contribution is -0.131. The number of nitrogens with one attached hydrogen (secondary N) is 1. The van der Waals surface area contributed by atoms with Gasteiger partial charge in [-0.3, -0.25) is 9.59 Å². The van der Waals surface area contributed by atoms with E-state index in [0.29, 0.717) is 16.5 Å². The fraction of sp³-hybridized carbons (Fsp3) is 0.412. The molecular formula is C17H20FN5O2S. The molecule has 2 heterocycles. The number of rotatable bonds is 6. The van der Waals surface area contributed by atoms with Crippen molar-refractivity contribution >= 4 is 23.6 Å². The second kappa shape index (κ2) is 8.31. The Labute approximate surface area is 155 Å². The third-order valence-corrected chi connectivity index (χ3v) is 5.20. The van der Waals surface area contributed by atoms with Gasteiger partial charge in [-0.25, -0.2) is 4.39 Å². The summed E-state index contributed by atoms with van der Waals surface area (Å²) in [6, 6.07) is 6.33.